The average molecular weight is 474 g/mol. The smallest absolute Gasteiger partial charge is 0.268 e. The Balaban J connectivity index is 1.45. The maximum Gasteiger partial charge on any atom is 0.268 e. The number of hydrogen-bond donors (Lipinski definition) is 2. The topological polar surface area (TPSA) is 63.1 Å². The van der Waals surface area contributed by atoms with E-state index >= 15 is 0 Å². The van der Waals surface area contributed by atoms with E-state index in [0.717, 1.165) is 29.3 Å². The molecule has 34 heavy (non-hydrogen) atoms. The molecule has 0 bridgehead atoms. The molecule has 3 aromatic carbocycles. The van der Waals surface area contributed by atoms with E-state index in [9.17, 15) is 9.59 Å². The molecule has 174 valence electrons. The van der Waals surface area contributed by atoms with E-state index in [1.807, 2.05) is 72.3 Å². The molecule has 0 spiro atoms. The fraction of sp³-hybridized carbons (Fsp3) is 0.214. The standard InChI is InChI=1S/C28H28ClN3O2/c1-32-25-12-6-5-11-22(25)19-26(32)28(34)31-24(18-21-13-15-23(29)16-14-21)27(33)30-17-7-10-20-8-3-2-4-9-20/h2-6,8-9,11-16,19,24H,7,10,17-18H2,1H3,(H,30,33)(H,31,34). The third-order valence-corrected chi connectivity index (χ3v) is 6.20. The molecule has 2 amide bonds. The zero-order chi connectivity index (χ0) is 23.9. The number of carbonyl (C=O) groups is 2. The summed E-state index contributed by atoms with van der Waals surface area (Å²) in [6.45, 7) is 0.536. The second-order valence-corrected chi connectivity index (χ2v) is 8.82. The molecule has 1 unspecified atom stereocenters. The minimum absolute atomic E-state index is 0.199. The highest BCUT2D eigenvalue weighted by molar-refractivity contribution is 6.30. The summed E-state index contributed by atoms with van der Waals surface area (Å²) in [5.74, 6) is -0.479. The molecule has 4 rings (SSSR count). The van der Waals surface area contributed by atoms with Crippen LogP contribution in [0.4, 0.5) is 0 Å². The van der Waals surface area contributed by atoms with E-state index in [2.05, 4.69) is 22.8 Å². The maximum atomic E-state index is 13.2. The SMILES string of the molecule is Cn1c(C(=O)NC(Cc2ccc(Cl)cc2)C(=O)NCCCc2ccccc2)cc2ccccc21. The molecule has 0 aliphatic rings. The summed E-state index contributed by atoms with van der Waals surface area (Å²) in [4.78, 5) is 26.3. The number of aromatic nitrogens is 1. The van der Waals surface area contributed by atoms with Crippen molar-refractivity contribution in [3.8, 4) is 0 Å². The molecule has 0 fully saturated rings. The summed E-state index contributed by atoms with van der Waals surface area (Å²) in [6.07, 6.45) is 2.07. The lowest BCUT2D eigenvalue weighted by atomic mass is 10.0. The third-order valence-electron chi connectivity index (χ3n) is 5.94. The van der Waals surface area contributed by atoms with E-state index in [4.69, 9.17) is 11.6 Å². The second-order valence-electron chi connectivity index (χ2n) is 8.38. The first-order chi connectivity index (χ1) is 16.5. The van der Waals surface area contributed by atoms with Crippen LogP contribution < -0.4 is 10.6 Å². The van der Waals surface area contributed by atoms with Gasteiger partial charge in [0.1, 0.15) is 11.7 Å². The highest BCUT2D eigenvalue weighted by atomic mass is 35.5. The van der Waals surface area contributed by atoms with Crippen molar-refractivity contribution < 1.29 is 9.59 Å². The first-order valence-corrected chi connectivity index (χ1v) is 11.8. The van der Waals surface area contributed by atoms with Gasteiger partial charge in [-0.2, -0.15) is 0 Å². The lowest BCUT2D eigenvalue weighted by Gasteiger charge is -2.19. The number of amides is 2. The van der Waals surface area contributed by atoms with Gasteiger partial charge in [0.15, 0.2) is 0 Å². The van der Waals surface area contributed by atoms with Gasteiger partial charge < -0.3 is 15.2 Å². The van der Waals surface area contributed by atoms with Crippen LogP contribution in [-0.2, 0) is 24.7 Å². The first kappa shape index (κ1) is 23.6. The van der Waals surface area contributed by atoms with Crippen molar-refractivity contribution in [2.75, 3.05) is 6.54 Å². The van der Waals surface area contributed by atoms with E-state index in [1.54, 1.807) is 12.1 Å². The van der Waals surface area contributed by atoms with Gasteiger partial charge in [-0.3, -0.25) is 9.59 Å². The summed E-state index contributed by atoms with van der Waals surface area (Å²) in [5, 5.41) is 7.56. The van der Waals surface area contributed by atoms with Crippen molar-refractivity contribution in [1.82, 2.24) is 15.2 Å². The number of carbonyl (C=O) groups excluding carboxylic acids is 2. The zero-order valence-electron chi connectivity index (χ0n) is 19.1. The Labute approximate surface area is 204 Å². The number of nitrogens with zero attached hydrogens (tertiary/aromatic N) is 1. The molecule has 0 radical (unpaired) electrons. The van der Waals surface area contributed by atoms with Crippen LogP contribution in [0.2, 0.25) is 5.02 Å². The molecule has 1 aromatic heterocycles. The number of aryl methyl sites for hydroxylation is 2. The summed E-state index contributed by atoms with van der Waals surface area (Å²) < 4.78 is 1.85. The van der Waals surface area contributed by atoms with Crippen LogP contribution in [0.3, 0.4) is 0 Å². The van der Waals surface area contributed by atoms with Crippen LogP contribution >= 0.6 is 11.6 Å². The minimum atomic E-state index is -0.705. The van der Waals surface area contributed by atoms with Gasteiger partial charge in [0, 0.05) is 35.9 Å². The number of hydrogen-bond acceptors (Lipinski definition) is 2. The summed E-state index contributed by atoms with van der Waals surface area (Å²) >= 11 is 6.01. The first-order valence-electron chi connectivity index (χ1n) is 11.4. The van der Waals surface area contributed by atoms with Gasteiger partial charge in [0.25, 0.3) is 5.91 Å². The lowest BCUT2D eigenvalue weighted by Crippen LogP contribution is -2.48. The maximum absolute atomic E-state index is 13.2. The second kappa shape index (κ2) is 11.0. The van der Waals surface area contributed by atoms with Gasteiger partial charge in [-0.1, -0.05) is 72.3 Å². The summed E-state index contributed by atoms with van der Waals surface area (Å²) in [5.41, 5.74) is 3.64. The fourth-order valence-electron chi connectivity index (χ4n) is 4.08. The fourth-order valence-corrected chi connectivity index (χ4v) is 4.20. The molecule has 5 nitrogen and oxygen atoms in total. The van der Waals surface area contributed by atoms with Crippen LogP contribution in [0.25, 0.3) is 10.9 Å². The molecule has 6 heteroatoms. The normalized spacial score (nSPS) is 11.8. The van der Waals surface area contributed by atoms with Crippen LogP contribution in [0, 0.1) is 0 Å². The van der Waals surface area contributed by atoms with Crippen molar-refractivity contribution in [2.45, 2.75) is 25.3 Å². The van der Waals surface area contributed by atoms with E-state index in [1.165, 1.54) is 5.56 Å². The largest absolute Gasteiger partial charge is 0.354 e. The Bertz CT molecular complexity index is 1270. The van der Waals surface area contributed by atoms with Gasteiger partial charge >= 0.3 is 0 Å². The van der Waals surface area contributed by atoms with Crippen molar-refractivity contribution in [3.63, 3.8) is 0 Å². The molecule has 1 heterocycles. The number of rotatable bonds is 9. The Morgan fingerprint density at radius 2 is 1.62 bits per heavy atom. The van der Waals surface area contributed by atoms with E-state index in [-0.39, 0.29) is 11.8 Å². The monoisotopic (exact) mass is 473 g/mol. The third kappa shape index (κ3) is 5.86. The van der Waals surface area contributed by atoms with Crippen molar-refractivity contribution >= 4 is 34.3 Å². The van der Waals surface area contributed by atoms with E-state index < -0.39 is 6.04 Å². The molecule has 0 saturated heterocycles. The number of halogens is 1. The number of fused-ring (bicyclic) bond motifs is 1. The highest BCUT2D eigenvalue weighted by Gasteiger charge is 2.23. The molecular weight excluding hydrogens is 446 g/mol. The van der Waals surface area contributed by atoms with Crippen molar-refractivity contribution in [2.24, 2.45) is 7.05 Å². The van der Waals surface area contributed by atoms with Gasteiger partial charge in [-0.25, -0.2) is 0 Å². The molecular formula is C28H28ClN3O2. The number of para-hydroxylation sites is 1. The Kier molecular flexibility index (Phi) is 7.65. The van der Waals surface area contributed by atoms with Crippen LogP contribution in [0.15, 0.2) is 84.9 Å². The van der Waals surface area contributed by atoms with Gasteiger partial charge in [-0.15, -0.1) is 0 Å². The molecule has 2 N–H and O–H groups in total. The predicted molar refractivity (Wildman–Crippen MR) is 137 cm³/mol. The predicted octanol–water partition coefficient (Wildman–Crippen LogP) is 4.92. The highest BCUT2D eigenvalue weighted by Crippen LogP contribution is 2.19. The number of nitrogens with one attached hydrogen (secondary N) is 2. The molecule has 0 aliphatic carbocycles. The molecule has 4 aromatic rings. The summed E-state index contributed by atoms with van der Waals surface area (Å²) in [7, 11) is 1.86. The Morgan fingerprint density at radius 1 is 0.912 bits per heavy atom. The average Bonchev–Trinajstić information content (AvgIpc) is 3.20. The van der Waals surface area contributed by atoms with Gasteiger partial charge in [0.05, 0.1) is 0 Å². The Hall–Kier alpha value is -3.57. The van der Waals surface area contributed by atoms with Crippen LogP contribution in [0.5, 0.6) is 0 Å². The van der Waals surface area contributed by atoms with Crippen molar-refractivity contribution in [3.05, 3.63) is 107 Å². The van der Waals surface area contributed by atoms with Crippen LogP contribution in [0.1, 0.15) is 28.0 Å². The lowest BCUT2D eigenvalue weighted by molar-refractivity contribution is -0.122. The van der Waals surface area contributed by atoms with Gasteiger partial charge in [0.2, 0.25) is 5.91 Å². The molecule has 0 saturated carbocycles. The quantitative estimate of drug-likeness (QED) is 0.339. The van der Waals surface area contributed by atoms with E-state index in [0.29, 0.717) is 23.7 Å². The van der Waals surface area contributed by atoms with Gasteiger partial charge in [-0.05, 0) is 48.2 Å². The zero-order valence-corrected chi connectivity index (χ0v) is 19.9. The summed E-state index contributed by atoms with van der Waals surface area (Å²) in [6, 6.07) is 26.5. The van der Waals surface area contributed by atoms with Crippen LogP contribution in [-0.4, -0.2) is 29.0 Å². The molecule has 1 atom stereocenters. The molecule has 0 aliphatic heterocycles. The minimum Gasteiger partial charge on any atom is -0.354 e. The van der Waals surface area contributed by atoms with Crippen molar-refractivity contribution in [1.29, 1.82) is 0 Å². The Morgan fingerprint density at radius 3 is 2.35 bits per heavy atom. The number of benzene rings is 3.